The highest BCUT2D eigenvalue weighted by Crippen LogP contribution is 2.33. The first kappa shape index (κ1) is 15.3. The summed E-state index contributed by atoms with van der Waals surface area (Å²) < 4.78 is 14.2. The molecule has 2 aromatic rings. The second kappa shape index (κ2) is 6.58. The van der Waals surface area contributed by atoms with E-state index in [4.69, 9.17) is 10.9 Å². The molecule has 0 heterocycles. The molecule has 0 unspecified atom stereocenters. The average Bonchev–Trinajstić information content (AvgIpc) is 2.49. The van der Waals surface area contributed by atoms with Gasteiger partial charge in [0.05, 0.1) is 5.69 Å². The summed E-state index contributed by atoms with van der Waals surface area (Å²) in [4.78, 5) is 1.96. The topological polar surface area (TPSA) is 61.8 Å². The zero-order valence-corrected chi connectivity index (χ0v) is 13.0. The van der Waals surface area contributed by atoms with Gasteiger partial charge in [0.2, 0.25) is 0 Å². The summed E-state index contributed by atoms with van der Waals surface area (Å²) in [6, 6.07) is 11.7. The first-order valence-electron chi connectivity index (χ1n) is 6.37. The van der Waals surface area contributed by atoms with Crippen LogP contribution in [0.15, 0.2) is 52.1 Å². The second-order valence-corrected chi connectivity index (χ2v) is 5.23. The van der Waals surface area contributed by atoms with Crippen LogP contribution in [0.4, 0.5) is 15.8 Å². The van der Waals surface area contributed by atoms with Crippen molar-refractivity contribution in [3.63, 3.8) is 0 Å². The number of hydrogen-bond donors (Lipinski definition) is 2. The van der Waals surface area contributed by atoms with Crippen LogP contribution in [0.2, 0.25) is 0 Å². The van der Waals surface area contributed by atoms with Crippen molar-refractivity contribution >= 4 is 33.1 Å². The maximum atomic E-state index is 13.4. The summed E-state index contributed by atoms with van der Waals surface area (Å²) in [6.45, 7) is 2.65. The predicted octanol–water partition coefficient (Wildman–Crippen LogP) is 3.84. The molecule has 0 radical (unpaired) electrons. The Labute approximate surface area is 130 Å². The fraction of sp³-hybridized carbons (Fsp3) is 0.133. The lowest BCUT2D eigenvalue weighted by Gasteiger charge is -2.25. The molecule has 0 amide bonds. The zero-order valence-electron chi connectivity index (χ0n) is 11.4. The molecular weight excluding hydrogens is 337 g/mol. The van der Waals surface area contributed by atoms with Crippen LogP contribution < -0.4 is 10.6 Å². The molecule has 0 spiro atoms. The van der Waals surface area contributed by atoms with E-state index >= 15 is 0 Å². The van der Waals surface area contributed by atoms with Crippen LogP contribution >= 0.6 is 15.9 Å². The molecule has 21 heavy (non-hydrogen) atoms. The standard InChI is InChI=1S/C15H15BrFN3O/c1-2-20(12-5-3-4-11(17)9-12)14-7-6-10(8-13(14)16)15(18)19-21/h3-9,21H,2H2,1H3,(H2,18,19). The first-order valence-corrected chi connectivity index (χ1v) is 7.16. The summed E-state index contributed by atoms with van der Waals surface area (Å²) in [5.74, 6) is -0.244. The van der Waals surface area contributed by atoms with Crippen LogP contribution in [-0.2, 0) is 0 Å². The summed E-state index contributed by atoms with van der Waals surface area (Å²) >= 11 is 3.47. The number of rotatable bonds is 4. The summed E-state index contributed by atoms with van der Waals surface area (Å²) in [5.41, 5.74) is 7.80. The molecule has 0 saturated carbocycles. The van der Waals surface area contributed by atoms with E-state index in [-0.39, 0.29) is 11.7 Å². The third kappa shape index (κ3) is 3.33. The Morgan fingerprint density at radius 3 is 2.67 bits per heavy atom. The maximum absolute atomic E-state index is 13.4. The lowest BCUT2D eigenvalue weighted by atomic mass is 10.1. The lowest BCUT2D eigenvalue weighted by Crippen LogP contribution is -2.18. The minimum atomic E-state index is -0.282. The lowest BCUT2D eigenvalue weighted by molar-refractivity contribution is 0.318. The van der Waals surface area contributed by atoms with Crippen molar-refractivity contribution in [1.29, 1.82) is 0 Å². The molecule has 0 aromatic heterocycles. The van der Waals surface area contributed by atoms with Crippen molar-refractivity contribution in [3.05, 3.63) is 58.3 Å². The Morgan fingerprint density at radius 1 is 1.33 bits per heavy atom. The summed E-state index contributed by atoms with van der Waals surface area (Å²) in [7, 11) is 0. The Bertz CT molecular complexity index is 676. The largest absolute Gasteiger partial charge is 0.409 e. The van der Waals surface area contributed by atoms with E-state index < -0.39 is 0 Å². The van der Waals surface area contributed by atoms with E-state index in [1.165, 1.54) is 12.1 Å². The maximum Gasteiger partial charge on any atom is 0.170 e. The minimum Gasteiger partial charge on any atom is -0.409 e. The normalized spacial score (nSPS) is 11.5. The highest BCUT2D eigenvalue weighted by molar-refractivity contribution is 9.10. The molecular formula is C15H15BrFN3O. The van der Waals surface area contributed by atoms with Gasteiger partial charge in [0, 0.05) is 22.3 Å². The molecule has 110 valence electrons. The van der Waals surface area contributed by atoms with Crippen LogP contribution in [0.1, 0.15) is 12.5 Å². The molecule has 0 atom stereocenters. The highest BCUT2D eigenvalue weighted by atomic mass is 79.9. The molecule has 0 fully saturated rings. The van der Waals surface area contributed by atoms with Crippen LogP contribution in [0, 0.1) is 5.82 Å². The van der Waals surface area contributed by atoms with Gasteiger partial charge in [-0.1, -0.05) is 11.2 Å². The van der Waals surface area contributed by atoms with Gasteiger partial charge in [0.1, 0.15) is 5.82 Å². The third-order valence-corrected chi connectivity index (χ3v) is 3.71. The van der Waals surface area contributed by atoms with Gasteiger partial charge in [0.15, 0.2) is 5.84 Å². The molecule has 4 nitrogen and oxygen atoms in total. The van der Waals surface area contributed by atoms with E-state index in [2.05, 4.69) is 21.1 Å². The Balaban J connectivity index is 2.44. The van der Waals surface area contributed by atoms with E-state index in [0.717, 1.165) is 15.8 Å². The molecule has 0 aliphatic heterocycles. The molecule has 2 aromatic carbocycles. The summed E-state index contributed by atoms with van der Waals surface area (Å²) in [6.07, 6.45) is 0. The van der Waals surface area contributed by atoms with Gasteiger partial charge in [-0.05, 0) is 59.3 Å². The number of halogens is 2. The van der Waals surface area contributed by atoms with E-state index in [1.54, 1.807) is 18.2 Å². The molecule has 0 saturated heterocycles. The van der Waals surface area contributed by atoms with Gasteiger partial charge in [0.25, 0.3) is 0 Å². The minimum absolute atomic E-state index is 0.0380. The highest BCUT2D eigenvalue weighted by Gasteiger charge is 2.13. The van der Waals surface area contributed by atoms with Crippen LogP contribution in [-0.4, -0.2) is 17.6 Å². The van der Waals surface area contributed by atoms with Crippen LogP contribution in [0.3, 0.4) is 0 Å². The SMILES string of the molecule is CCN(c1cccc(F)c1)c1ccc(/C(N)=N/O)cc1Br. The average molecular weight is 352 g/mol. The van der Waals surface area contributed by atoms with Crippen molar-refractivity contribution in [1.82, 2.24) is 0 Å². The molecule has 0 aliphatic rings. The van der Waals surface area contributed by atoms with Crippen molar-refractivity contribution in [2.24, 2.45) is 10.9 Å². The third-order valence-electron chi connectivity index (χ3n) is 3.08. The number of benzene rings is 2. The fourth-order valence-corrected chi connectivity index (χ4v) is 2.67. The zero-order chi connectivity index (χ0) is 15.4. The first-order chi connectivity index (χ1) is 10.1. The number of hydrogen-bond acceptors (Lipinski definition) is 3. The number of amidine groups is 1. The number of oxime groups is 1. The number of nitrogens with zero attached hydrogens (tertiary/aromatic N) is 2. The van der Waals surface area contributed by atoms with Gasteiger partial charge < -0.3 is 15.8 Å². The Hall–Kier alpha value is -2.08. The van der Waals surface area contributed by atoms with E-state index in [9.17, 15) is 4.39 Å². The number of nitrogens with two attached hydrogens (primary N) is 1. The van der Waals surface area contributed by atoms with Crippen molar-refractivity contribution in [3.8, 4) is 0 Å². The molecule has 6 heteroatoms. The van der Waals surface area contributed by atoms with Gasteiger partial charge in [-0.3, -0.25) is 0 Å². The molecule has 3 N–H and O–H groups in total. The van der Waals surface area contributed by atoms with E-state index in [0.29, 0.717) is 12.1 Å². The fourth-order valence-electron chi connectivity index (χ4n) is 2.08. The van der Waals surface area contributed by atoms with Crippen molar-refractivity contribution in [2.75, 3.05) is 11.4 Å². The quantitative estimate of drug-likeness (QED) is 0.380. The van der Waals surface area contributed by atoms with Crippen LogP contribution in [0.5, 0.6) is 0 Å². The predicted molar refractivity (Wildman–Crippen MR) is 85.7 cm³/mol. The molecule has 0 aliphatic carbocycles. The van der Waals surface area contributed by atoms with Crippen molar-refractivity contribution in [2.45, 2.75) is 6.92 Å². The van der Waals surface area contributed by atoms with Crippen molar-refractivity contribution < 1.29 is 9.60 Å². The van der Waals surface area contributed by atoms with Crippen LogP contribution in [0.25, 0.3) is 0 Å². The van der Waals surface area contributed by atoms with Gasteiger partial charge >= 0.3 is 0 Å². The monoisotopic (exact) mass is 351 g/mol. The van der Waals surface area contributed by atoms with Gasteiger partial charge in [-0.25, -0.2) is 4.39 Å². The Kier molecular flexibility index (Phi) is 4.80. The van der Waals surface area contributed by atoms with E-state index in [1.807, 2.05) is 24.0 Å². The number of anilines is 2. The second-order valence-electron chi connectivity index (χ2n) is 4.38. The molecule has 2 rings (SSSR count). The van der Waals surface area contributed by atoms with Gasteiger partial charge in [-0.2, -0.15) is 0 Å². The summed E-state index contributed by atoms with van der Waals surface area (Å²) in [5, 5.41) is 11.7. The molecule has 0 bridgehead atoms. The Morgan fingerprint density at radius 2 is 2.10 bits per heavy atom. The smallest absolute Gasteiger partial charge is 0.170 e. The van der Waals surface area contributed by atoms with Gasteiger partial charge in [-0.15, -0.1) is 0 Å².